The number of aliphatic hydroxyl groups is 1. The van der Waals surface area contributed by atoms with Crippen LogP contribution in [0, 0.1) is 5.82 Å². The number of hydrogen-bond acceptors (Lipinski definition) is 1. The van der Waals surface area contributed by atoms with E-state index in [4.69, 9.17) is 5.11 Å². The van der Waals surface area contributed by atoms with Crippen LogP contribution in [0.1, 0.15) is 17.5 Å². The topological polar surface area (TPSA) is 20.2 Å². The van der Waals surface area contributed by atoms with Crippen LogP contribution < -0.4 is 0 Å². The number of alkyl halides is 2. The Balaban J connectivity index is 2.64. The molecule has 0 spiro atoms. The van der Waals surface area contributed by atoms with Crippen molar-refractivity contribution in [3.8, 4) is 0 Å². The number of hydrogen-bond donors (Lipinski definition) is 1. The molecule has 1 nitrogen and oxygen atoms in total. The normalized spacial score (nSPS) is 23.7. The van der Waals surface area contributed by atoms with Crippen molar-refractivity contribution in [3.63, 3.8) is 0 Å². The van der Waals surface area contributed by atoms with Gasteiger partial charge in [0, 0.05) is 4.47 Å². The maximum Gasteiger partial charge on any atom is 0.301 e. The van der Waals surface area contributed by atoms with E-state index in [1.165, 1.54) is 6.07 Å². The minimum atomic E-state index is -3.49. The van der Waals surface area contributed by atoms with E-state index in [-0.39, 0.29) is 18.4 Å². The molecule has 1 aromatic carbocycles. The Morgan fingerprint density at radius 3 is 2.73 bits per heavy atom. The SMILES string of the molecule is OC1CCc2cc(Br)cc(F)c2C1(F)F. The largest absolute Gasteiger partial charge is 0.386 e. The Morgan fingerprint density at radius 2 is 2.07 bits per heavy atom. The fraction of sp³-hybridized carbons (Fsp3) is 0.400. The second-order valence-corrected chi connectivity index (χ2v) is 4.51. The lowest BCUT2D eigenvalue weighted by molar-refractivity contribution is -0.126. The van der Waals surface area contributed by atoms with Gasteiger partial charge >= 0.3 is 5.92 Å². The van der Waals surface area contributed by atoms with Crippen molar-refractivity contribution < 1.29 is 18.3 Å². The van der Waals surface area contributed by atoms with Crippen LogP contribution in [0.15, 0.2) is 16.6 Å². The van der Waals surface area contributed by atoms with E-state index in [0.29, 0.717) is 4.47 Å². The smallest absolute Gasteiger partial charge is 0.301 e. The van der Waals surface area contributed by atoms with E-state index < -0.39 is 23.4 Å². The number of aliphatic hydroxyl groups excluding tert-OH is 1. The fourth-order valence-electron chi connectivity index (χ4n) is 1.84. The monoisotopic (exact) mass is 280 g/mol. The van der Waals surface area contributed by atoms with Crippen LogP contribution in [0.25, 0.3) is 0 Å². The van der Waals surface area contributed by atoms with E-state index in [1.807, 2.05) is 0 Å². The molecule has 15 heavy (non-hydrogen) atoms. The van der Waals surface area contributed by atoms with E-state index in [2.05, 4.69) is 15.9 Å². The highest BCUT2D eigenvalue weighted by Gasteiger charge is 2.46. The Labute approximate surface area is 93.0 Å². The standard InChI is InChI=1S/C10H8BrF3O/c11-6-3-5-1-2-8(15)10(13,14)9(5)7(12)4-6/h3-4,8,15H,1-2H2. The van der Waals surface area contributed by atoms with Crippen LogP contribution in [-0.2, 0) is 12.3 Å². The van der Waals surface area contributed by atoms with Crippen molar-refractivity contribution in [2.45, 2.75) is 24.9 Å². The summed E-state index contributed by atoms with van der Waals surface area (Å²) in [5.74, 6) is -4.46. The first-order valence-corrected chi connectivity index (χ1v) is 5.26. The maximum absolute atomic E-state index is 13.5. The summed E-state index contributed by atoms with van der Waals surface area (Å²) in [6.07, 6.45) is -1.57. The van der Waals surface area contributed by atoms with Gasteiger partial charge in [0.15, 0.2) is 0 Å². The van der Waals surface area contributed by atoms with Crippen molar-refractivity contribution in [3.05, 3.63) is 33.5 Å². The van der Waals surface area contributed by atoms with Crippen LogP contribution in [0.3, 0.4) is 0 Å². The third kappa shape index (κ3) is 1.67. The maximum atomic E-state index is 13.5. The lowest BCUT2D eigenvalue weighted by Gasteiger charge is -2.30. The van der Waals surface area contributed by atoms with Gasteiger partial charge in [-0.05, 0) is 30.5 Å². The van der Waals surface area contributed by atoms with E-state index in [0.717, 1.165) is 6.07 Å². The molecule has 1 N–H and O–H groups in total. The molecule has 0 heterocycles. The van der Waals surface area contributed by atoms with Crippen molar-refractivity contribution in [2.24, 2.45) is 0 Å². The Kier molecular flexibility index (Phi) is 2.55. The lowest BCUT2D eigenvalue weighted by atomic mass is 9.86. The third-order valence-electron chi connectivity index (χ3n) is 2.58. The lowest BCUT2D eigenvalue weighted by Crippen LogP contribution is -2.37. The number of fused-ring (bicyclic) bond motifs is 1. The molecule has 0 aliphatic heterocycles. The highest BCUT2D eigenvalue weighted by atomic mass is 79.9. The van der Waals surface area contributed by atoms with Gasteiger partial charge in [0.1, 0.15) is 11.9 Å². The first kappa shape index (κ1) is 11.0. The molecule has 82 valence electrons. The number of halogens is 4. The summed E-state index contributed by atoms with van der Waals surface area (Å²) in [5.41, 5.74) is -0.401. The van der Waals surface area contributed by atoms with Gasteiger partial charge in [-0.25, -0.2) is 4.39 Å². The highest BCUT2D eigenvalue weighted by molar-refractivity contribution is 9.10. The van der Waals surface area contributed by atoms with Gasteiger partial charge in [-0.15, -0.1) is 0 Å². The fourth-order valence-corrected chi connectivity index (χ4v) is 2.31. The molecule has 1 aliphatic carbocycles. The quantitative estimate of drug-likeness (QED) is 0.775. The zero-order chi connectivity index (χ0) is 11.2. The molecule has 1 aromatic rings. The summed E-state index contributed by atoms with van der Waals surface area (Å²) in [5, 5.41) is 9.15. The highest BCUT2D eigenvalue weighted by Crippen LogP contribution is 2.42. The van der Waals surface area contributed by atoms with Gasteiger partial charge in [-0.2, -0.15) is 8.78 Å². The second-order valence-electron chi connectivity index (χ2n) is 3.60. The molecule has 0 saturated heterocycles. The van der Waals surface area contributed by atoms with Crippen LogP contribution in [0.5, 0.6) is 0 Å². The van der Waals surface area contributed by atoms with Gasteiger partial charge in [0.25, 0.3) is 0 Å². The average Bonchev–Trinajstić information content (AvgIpc) is 2.10. The molecule has 1 aliphatic rings. The van der Waals surface area contributed by atoms with Crippen molar-refractivity contribution in [1.29, 1.82) is 0 Å². The van der Waals surface area contributed by atoms with E-state index >= 15 is 0 Å². The summed E-state index contributed by atoms with van der Waals surface area (Å²) in [7, 11) is 0. The van der Waals surface area contributed by atoms with Gasteiger partial charge in [0.2, 0.25) is 0 Å². The van der Waals surface area contributed by atoms with Gasteiger partial charge in [0.05, 0.1) is 5.56 Å². The molecule has 2 rings (SSSR count). The number of benzene rings is 1. The summed E-state index contributed by atoms with van der Waals surface area (Å²) in [6.45, 7) is 0. The first-order valence-electron chi connectivity index (χ1n) is 4.47. The molecular weight excluding hydrogens is 273 g/mol. The zero-order valence-electron chi connectivity index (χ0n) is 7.61. The first-order chi connectivity index (χ1) is 6.93. The molecular formula is C10H8BrF3O. The zero-order valence-corrected chi connectivity index (χ0v) is 9.19. The van der Waals surface area contributed by atoms with Crippen LogP contribution in [0.4, 0.5) is 13.2 Å². The van der Waals surface area contributed by atoms with Crippen LogP contribution >= 0.6 is 15.9 Å². The summed E-state index contributed by atoms with van der Waals surface area (Å²) >= 11 is 3.05. The van der Waals surface area contributed by atoms with Crippen LogP contribution in [-0.4, -0.2) is 11.2 Å². The van der Waals surface area contributed by atoms with Crippen molar-refractivity contribution >= 4 is 15.9 Å². The minimum Gasteiger partial charge on any atom is -0.386 e. The molecule has 0 amide bonds. The molecule has 0 fully saturated rings. The summed E-state index contributed by atoms with van der Waals surface area (Å²) in [4.78, 5) is 0. The number of aryl methyl sites for hydroxylation is 1. The number of rotatable bonds is 0. The van der Waals surface area contributed by atoms with Crippen molar-refractivity contribution in [2.75, 3.05) is 0 Å². The average molecular weight is 281 g/mol. The molecule has 0 bridgehead atoms. The Hall–Kier alpha value is -0.550. The van der Waals surface area contributed by atoms with Crippen LogP contribution in [0.2, 0.25) is 0 Å². The van der Waals surface area contributed by atoms with E-state index in [9.17, 15) is 13.2 Å². The predicted molar refractivity (Wildman–Crippen MR) is 52.3 cm³/mol. The Bertz CT molecular complexity index is 406. The second kappa shape index (κ2) is 3.49. The molecule has 1 unspecified atom stereocenters. The van der Waals surface area contributed by atoms with Gasteiger partial charge in [-0.3, -0.25) is 0 Å². The minimum absolute atomic E-state index is 0.0457. The predicted octanol–water partition coefficient (Wildman–Crippen LogP) is 2.99. The van der Waals surface area contributed by atoms with E-state index in [1.54, 1.807) is 0 Å². The van der Waals surface area contributed by atoms with Gasteiger partial charge < -0.3 is 5.11 Å². The Morgan fingerprint density at radius 1 is 1.40 bits per heavy atom. The van der Waals surface area contributed by atoms with Gasteiger partial charge in [-0.1, -0.05) is 15.9 Å². The van der Waals surface area contributed by atoms with Crippen molar-refractivity contribution in [1.82, 2.24) is 0 Å². The molecule has 1 atom stereocenters. The molecule has 5 heteroatoms. The molecule has 0 saturated carbocycles. The third-order valence-corrected chi connectivity index (χ3v) is 3.03. The molecule has 0 aromatic heterocycles. The molecule has 0 radical (unpaired) electrons. The summed E-state index contributed by atoms with van der Waals surface area (Å²) in [6, 6.07) is 2.46. The summed E-state index contributed by atoms with van der Waals surface area (Å²) < 4.78 is 40.8.